The lowest BCUT2D eigenvalue weighted by Gasteiger charge is -2.24. The van der Waals surface area contributed by atoms with Crippen LogP contribution in [-0.2, 0) is 16.6 Å². The van der Waals surface area contributed by atoms with Gasteiger partial charge in [-0.25, -0.2) is 17.2 Å². The lowest BCUT2D eigenvalue weighted by atomic mass is 10.2. The summed E-state index contributed by atoms with van der Waals surface area (Å²) in [5.41, 5.74) is -0.636. The van der Waals surface area contributed by atoms with Crippen molar-refractivity contribution in [1.82, 2.24) is 4.31 Å². The zero-order valence-corrected chi connectivity index (χ0v) is 12.5. The largest absolute Gasteiger partial charge is 0.391 e. The van der Waals surface area contributed by atoms with Gasteiger partial charge in [0.2, 0.25) is 10.0 Å². The normalized spacial score (nSPS) is 13.8. The first-order chi connectivity index (χ1) is 9.27. The molecule has 0 aromatic heterocycles. The van der Waals surface area contributed by atoms with E-state index in [0.29, 0.717) is 6.42 Å². The predicted molar refractivity (Wildman–Crippen MR) is 71.6 cm³/mol. The van der Waals surface area contributed by atoms with E-state index in [0.717, 1.165) is 22.9 Å². The Morgan fingerprint density at radius 3 is 2.45 bits per heavy atom. The SMILES string of the molecule is CCCC(C)N(C)S(=O)(=O)c1ccc(F)c(CO)c1F. The van der Waals surface area contributed by atoms with Crippen molar-refractivity contribution >= 4 is 10.0 Å². The zero-order chi connectivity index (χ0) is 15.5. The van der Waals surface area contributed by atoms with Crippen LogP contribution in [0.25, 0.3) is 0 Å². The fourth-order valence-electron chi connectivity index (χ4n) is 1.91. The molecule has 0 saturated heterocycles. The lowest BCUT2D eigenvalue weighted by molar-refractivity contribution is 0.267. The first-order valence-electron chi connectivity index (χ1n) is 6.33. The average Bonchev–Trinajstić information content (AvgIpc) is 2.38. The van der Waals surface area contributed by atoms with Gasteiger partial charge >= 0.3 is 0 Å². The number of hydrogen-bond donors (Lipinski definition) is 1. The smallest absolute Gasteiger partial charge is 0.245 e. The Balaban J connectivity index is 3.29. The summed E-state index contributed by atoms with van der Waals surface area (Å²) in [6, 6.07) is 1.43. The summed E-state index contributed by atoms with van der Waals surface area (Å²) in [6.45, 7) is 2.74. The van der Waals surface area contributed by atoms with Crippen LogP contribution in [-0.4, -0.2) is 30.9 Å². The molecule has 0 aliphatic rings. The topological polar surface area (TPSA) is 57.6 Å². The van der Waals surface area contributed by atoms with Gasteiger partial charge in [-0.05, 0) is 25.5 Å². The molecule has 20 heavy (non-hydrogen) atoms. The van der Waals surface area contributed by atoms with Crippen molar-refractivity contribution in [2.24, 2.45) is 0 Å². The van der Waals surface area contributed by atoms with E-state index < -0.39 is 38.7 Å². The minimum absolute atomic E-state index is 0.299. The summed E-state index contributed by atoms with van der Waals surface area (Å²) in [7, 11) is -2.70. The highest BCUT2D eigenvalue weighted by Gasteiger charge is 2.29. The van der Waals surface area contributed by atoms with Gasteiger partial charge in [0.25, 0.3) is 0 Å². The van der Waals surface area contributed by atoms with Crippen molar-refractivity contribution in [1.29, 1.82) is 0 Å². The van der Waals surface area contributed by atoms with Crippen LogP contribution in [0.5, 0.6) is 0 Å². The van der Waals surface area contributed by atoms with Gasteiger partial charge in [-0.15, -0.1) is 0 Å². The van der Waals surface area contributed by atoms with Crippen LogP contribution < -0.4 is 0 Å². The molecule has 114 valence electrons. The van der Waals surface area contributed by atoms with Crippen LogP contribution in [0.2, 0.25) is 0 Å². The highest BCUT2D eigenvalue weighted by molar-refractivity contribution is 7.89. The second kappa shape index (κ2) is 6.60. The molecule has 1 rings (SSSR count). The fraction of sp³-hybridized carbons (Fsp3) is 0.538. The van der Waals surface area contributed by atoms with Crippen LogP contribution >= 0.6 is 0 Å². The molecule has 0 fully saturated rings. The van der Waals surface area contributed by atoms with E-state index in [9.17, 15) is 17.2 Å². The van der Waals surface area contributed by atoms with Gasteiger partial charge in [0.1, 0.15) is 10.7 Å². The molecule has 0 radical (unpaired) electrons. The second-order valence-corrected chi connectivity index (χ2v) is 6.62. The molecule has 1 aromatic carbocycles. The number of sulfonamides is 1. The zero-order valence-electron chi connectivity index (χ0n) is 11.7. The number of aliphatic hydroxyl groups is 1. The predicted octanol–water partition coefficient (Wildman–Crippen LogP) is 2.27. The average molecular weight is 307 g/mol. The van der Waals surface area contributed by atoms with Crippen molar-refractivity contribution in [3.8, 4) is 0 Å². The summed E-state index contributed by atoms with van der Waals surface area (Å²) in [5.74, 6) is -2.20. The highest BCUT2D eigenvalue weighted by atomic mass is 32.2. The molecule has 0 amide bonds. The number of hydrogen-bond acceptors (Lipinski definition) is 3. The Hall–Kier alpha value is -1.05. The summed E-state index contributed by atoms with van der Waals surface area (Å²) >= 11 is 0. The molecule has 4 nitrogen and oxygen atoms in total. The van der Waals surface area contributed by atoms with Gasteiger partial charge in [-0.1, -0.05) is 13.3 Å². The second-order valence-electron chi connectivity index (χ2n) is 4.66. The molecule has 1 N–H and O–H groups in total. The number of rotatable bonds is 6. The van der Waals surface area contributed by atoms with Crippen molar-refractivity contribution in [2.45, 2.75) is 44.2 Å². The Labute approximate surface area is 118 Å². The summed E-state index contributed by atoms with van der Waals surface area (Å²) in [6.07, 6.45) is 1.42. The molecule has 0 saturated carbocycles. The van der Waals surface area contributed by atoms with E-state index in [4.69, 9.17) is 5.11 Å². The molecule has 7 heteroatoms. The Morgan fingerprint density at radius 1 is 1.35 bits per heavy atom. The third-order valence-electron chi connectivity index (χ3n) is 3.29. The van der Waals surface area contributed by atoms with Crippen LogP contribution in [0.15, 0.2) is 17.0 Å². The monoisotopic (exact) mass is 307 g/mol. The number of nitrogens with zero attached hydrogens (tertiary/aromatic N) is 1. The fourth-order valence-corrected chi connectivity index (χ4v) is 3.39. The maximum atomic E-state index is 14.0. The maximum absolute atomic E-state index is 14.0. The molecular formula is C13H19F2NO3S. The minimum atomic E-state index is -4.06. The van der Waals surface area contributed by atoms with Gasteiger partial charge in [0.05, 0.1) is 12.2 Å². The Morgan fingerprint density at radius 2 is 1.95 bits per heavy atom. The summed E-state index contributed by atoms with van der Waals surface area (Å²) in [5, 5.41) is 8.93. The maximum Gasteiger partial charge on any atom is 0.245 e. The molecule has 0 aliphatic carbocycles. The number of halogens is 2. The van der Waals surface area contributed by atoms with Gasteiger partial charge in [-0.2, -0.15) is 4.31 Å². The first-order valence-corrected chi connectivity index (χ1v) is 7.77. The van der Waals surface area contributed by atoms with E-state index >= 15 is 0 Å². The van der Waals surface area contributed by atoms with Gasteiger partial charge in [0.15, 0.2) is 5.82 Å². The summed E-state index contributed by atoms with van der Waals surface area (Å²) in [4.78, 5) is -0.617. The van der Waals surface area contributed by atoms with Crippen LogP contribution in [0.3, 0.4) is 0 Å². The molecule has 0 aliphatic heterocycles. The third kappa shape index (κ3) is 3.16. The van der Waals surface area contributed by atoms with E-state index in [1.165, 1.54) is 7.05 Å². The molecule has 1 unspecified atom stereocenters. The van der Waals surface area contributed by atoms with Crippen molar-refractivity contribution < 1.29 is 22.3 Å². The quantitative estimate of drug-likeness (QED) is 0.877. The molecule has 1 aromatic rings. The van der Waals surface area contributed by atoms with E-state index in [2.05, 4.69) is 0 Å². The third-order valence-corrected chi connectivity index (χ3v) is 5.28. The molecule has 0 bridgehead atoms. The first kappa shape index (κ1) is 17.0. The van der Waals surface area contributed by atoms with Gasteiger partial charge < -0.3 is 5.11 Å². The van der Waals surface area contributed by atoms with E-state index in [1.807, 2.05) is 6.92 Å². The summed E-state index contributed by atoms with van der Waals surface area (Å²) < 4.78 is 53.0. The standard InChI is InChI=1S/C13H19F2NO3S/c1-4-5-9(2)16(3)20(18,19)12-7-6-11(14)10(8-17)13(12)15/h6-7,9,17H,4-5,8H2,1-3H3. The van der Waals surface area contributed by atoms with Crippen LogP contribution in [0.1, 0.15) is 32.3 Å². The Kier molecular flexibility index (Phi) is 5.61. The van der Waals surface area contributed by atoms with Crippen molar-refractivity contribution in [2.75, 3.05) is 7.05 Å². The van der Waals surface area contributed by atoms with E-state index in [1.54, 1.807) is 6.92 Å². The number of aliphatic hydroxyl groups excluding tert-OH is 1. The molecular weight excluding hydrogens is 288 g/mol. The van der Waals surface area contributed by atoms with Gasteiger partial charge in [0, 0.05) is 13.1 Å². The van der Waals surface area contributed by atoms with E-state index in [-0.39, 0.29) is 6.04 Å². The molecule has 1 atom stereocenters. The van der Waals surface area contributed by atoms with Crippen LogP contribution in [0, 0.1) is 11.6 Å². The highest BCUT2D eigenvalue weighted by Crippen LogP contribution is 2.25. The van der Waals surface area contributed by atoms with Crippen molar-refractivity contribution in [3.05, 3.63) is 29.3 Å². The van der Waals surface area contributed by atoms with Crippen molar-refractivity contribution in [3.63, 3.8) is 0 Å². The number of benzene rings is 1. The Bertz CT molecular complexity index is 575. The minimum Gasteiger partial charge on any atom is -0.391 e. The van der Waals surface area contributed by atoms with Crippen LogP contribution in [0.4, 0.5) is 8.78 Å². The molecule has 0 heterocycles. The lowest BCUT2D eigenvalue weighted by Crippen LogP contribution is -2.35. The molecule has 0 spiro atoms. The van der Waals surface area contributed by atoms with Gasteiger partial charge in [-0.3, -0.25) is 0 Å².